The molecule has 0 saturated carbocycles. The van der Waals surface area contributed by atoms with Crippen molar-refractivity contribution in [1.29, 1.82) is 0 Å². The van der Waals surface area contributed by atoms with Crippen molar-refractivity contribution in [1.82, 2.24) is 19.7 Å². The zero-order valence-corrected chi connectivity index (χ0v) is 20.4. The van der Waals surface area contributed by atoms with E-state index in [1.165, 1.54) is 6.20 Å². The van der Waals surface area contributed by atoms with Crippen molar-refractivity contribution in [3.63, 3.8) is 0 Å². The van der Waals surface area contributed by atoms with Gasteiger partial charge in [0.25, 0.3) is 0 Å². The van der Waals surface area contributed by atoms with Crippen LogP contribution in [0.25, 0.3) is 10.9 Å². The van der Waals surface area contributed by atoms with Gasteiger partial charge < -0.3 is 9.64 Å². The number of pyridine rings is 1. The number of amides is 3. The van der Waals surface area contributed by atoms with Gasteiger partial charge in [-0.3, -0.25) is 14.3 Å². The fourth-order valence-electron chi connectivity index (χ4n) is 3.97. The lowest BCUT2D eigenvalue weighted by atomic mass is 10.1. The molecule has 0 unspecified atom stereocenters. The Labute approximate surface area is 198 Å². The van der Waals surface area contributed by atoms with Crippen molar-refractivity contribution in [2.24, 2.45) is 0 Å². The van der Waals surface area contributed by atoms with Crippen LogP contribution in [0.5, 0.6) is 0 Å². The molecule has 2 fully saturated rings. The Bertz CT molecular complexity index is 1060. The highest BCUT2D eigenvalue weighted by Gasteiger charge is 2.36. The molecule has 0 spiro atoms. The third kappa shape index (κ3) is 4.23. The molecule has 0 radical (unpaired) electrons. The highest BCUT2D eigenvalue weighted by atomic mass is 127. The molecule has 0 aliphatic carbocycles. The number of carbonyl (C=O) groups is 3. The average Bonchev–Trinajstić information content (AvgIpc) is 3.22. The van der Waals surface area contributed by atoms with Crippen molar-refractivity contribution in [2.75, 3.05) is 18.0 Å². The van der Waals surface area contributed by atoms with Gasteiger partial charge in [-0.1, -0.05) is 11.6 Å². The predicted octanol–water partition coefficient (Wildman–Crippen LogP) is 3.91. The molecule has 31 heavy (non-hydrogen) atoms. The van der Waals surface area contributed by atoms with Crippen LogP contribution in [-0.4, -0.2) is 56.3 Å². The van der Waals surface area contributed by atoms with E-state index in [2.05, 4.69) is 32.7 Å². The summed E-state index contributed by atoms with van der Waals surface area (Å²) >= 11 is 8.58. The van der Waals surface area contributed by atoms with Gasteiger partial charge in [-0.2, -0.15) is 5.10 Å². The molecule has 2 saturated heterocycles. The zero-order valence-electron chi connectivity index (χ0n) is 17.5. The van der Waals surface area contributed by atoms with Crippen LogP contribution in [0.3, 0.4) is 0 Å². The number of likely N-dealkylation sites (tertiary alicyclic amines) is 1. The molecular weight excluding hydrogens is 537 g/mol. The lowest BCUT2D eigenvalue weighted by Gasteiger charge is -2.34. The van der Waals surface area contributed by atoms with E-state index in [9.17, 15) is 14.4 Å². The quantitative estimate of drug-likeness (QED) is 0.409. The number of imide groups is 1. The minimum absolute atomic E-state index is 0.120. The van der Waals surface area contributed by atoms with Gasteiger partial charge in [0, 0.05) is 25.9 Å². The number of hydrogen-bond donors (Lipinski definition) is 0. The number of aromatic nitrogens is 3. The van der Waals surface area contributed by atoms with Gasteiger partial charge in [-0.15, -0.1) is 0 Å². The molecule has 11 heteroatoms. The van der Waals surface area contributed by atoms with Crippen molar-refractivity contribution in [3.05, 3.63) is 14.9 Å². The number of nitrogens with zero attached hydrogens (tertiary/aromatic N) is 5. The zero-order chi connectivity index (χ0) is 22.5. The predicted molar refractivity (Wildman–Crippen MR) is 123 cm³/mol. The summed E-state index contributed by atoms with van der Waals surface area (Å²) in [5, 5.41) is 5.63. The number of anilines is 1. The van der Waals surface area contributed by atoms with E-state index < -0.39 is 5.60 Å². The van der Waals surface area contributed by atoms with Crippen molar-refractivity contribution in [2.45, 2.75) is 58.1 Å². The largest absolute Gasteiger partial charge is 0.444 e. The Morgan fingerprint density at radius 3 is 2.58 bits per heavy atom. The number of rotatable bonds is 2. The van der Waals surface area contributed by atoms with Gasteiger partial charge in [0.1, 0.15) is 9.30 Å². The fourth-order valence-corrected chi connectivity index (χ4v) is 4.93. The Kier molecular flexibility index (Phi) is 5.88. The summed E-state index contributed by atoms with van der Waals surface area (Å²) in [6.45, 7) is 6.55. The summed E-state index contributed by atoms with van der Waals surface area (Å²) in [7, 11) is 0. The Morgan fingerprint density at radius 1 is 1.26 bits per heavy atom. The third-order valence-corrected chi connectivity index (χ3v) is 6.31. The first-order valence-corrected chi connectivity index (χ1v) is 11.6. The Morgan fingerprint density at radius 2 is 1.94 bits per heavy atom. The number of hydrogen-bond acceptors (Lipinski definition) is 6. The van der Waals surface area contributed by atoms with Crippen LogP contribution in [0, 0.1) is 3.70 Å². The minimum Gasteiger partial charge on any atom is -0.444 e. The average molecular weight is 560 g/mol. The molecule has 0 bridgehead atoms. The second kappa shape index (κ2) is 8.19. The lowest BCUT2D eigenvalue weighted by molar-refractivity contribution is -0.121. The van der Waals surface area contributed by atoms with Crippen LogP contribution in [0.1, 0.15) is 52.5 Å². The van der Waals surface area contributed by atoms with Crippen molar-refractivity contribution in [3.8, 4) is 0 Å². The second-order valence-corrected chi connectivity index (χ2v) is 10.2. The van der Waals surface area contributed by atoms with Crippen LogP contribution in [0.15, 0.2) is 6.20 Å². The van der Waals surface area contributed by atoms with Gasteiger partial charge >= 0.3 is 6.09 Å². The van der Waals surface area contributed by atoms with E-state index in [0.29, 0.717) is 32.7 Å². The maximum Gasteiger partial charge on any atom is 0.410 e. The molecule has 4 heterocycles. The molecular formula is C20H23ClIN5O4. The Balaban J connectivity index is 1.72. The van der Waals surface area contributed by atoms with E-state index in [1.54, 1.807) is 9.58 Å². The smallest absolute Gasteiger partial charge is 0.410 e. The van der Waals surface area contributed by atoms with E-state index in [1.807, 2.05) is 20.8 Å². The van der Waals surface area contributed by atoms with E-state index in [-0.39, 0.29) is 42.6 Å². The summed E-state index contributed by atoms with van der Waals surface area (Å²) in [6.07, 6.45) is 3.03. The normalized spacial score (nSPS) is 20.1. The maximum atomic E-state index is 12.6. The summed E-state index contributed by atoms with van der Waals surface area (Å²) in [4.78, 5) is 44.3. The molecule has 0 N–H and O–H groups in total. The van der Waals surface area contributed by atoms with Crippen molar-refractivity contribution < 1.29 is 19.1 Å². The first-order chi connectivity index (χ1) is 14.6. The van der Waals surface area contributed by atoms with Gasteiger partial charge in [0.2, 0.25) is 11.8 Å². The van der Waals surface area contributed by atoms with E-state index >= 15 is 0 Å². The monoisotopic (exact) mass is 559 g/mol. The van der Waals surface area contributed by atoms with Crippen LogP contribution < -0.4 is 4.90 Å². The van der Waals surface area contributed by atoms with E-state index in [0.717, 1.165) is 17.7 Å². The molecule has 2 aromatic rings. The van der Waals surface area contributed by atoms with Crippen LogP contribution in [0.2, 0.25) is 5.02 Å². The molecule has 1 atom stereocenters. The number of fused-ring (bicyclic) bond motifs is 1. The van der Waals surface area contributed by atoms with Gasteiger partial charge in [0.05, 0.1) is 28.2 Å². The maximum absolute atomic E-state index is 12.6. The molecule has 166 valence electrons. The fraction of sp³-hybridized carbons (Fsp3) is 0.550. The second-order valence-electron chi connectivity index (χ2n) is 8.73. The molecule has 0 aromatic carbocycles. The topological polar surface area (TPSA) is 97.6 Å². The van der Waals surface area contributed by atoms with Gasteiger partial charge in [-0.25, -0.2) is 14.7 Å². The molecule has 9 nitrogen and oxygen atoms in total. The minimum atomic E-state index is -0.573. The van der Waals surface area contributed by atoms with Gasteiger partial charge in [0.15, 0.2) is 5.82 Å². The van der Waals surface area contributed by atoms with E-state index in [4.69, 9.17) is 16.3 Å². The summed E-state index contributed by atoms with van der Waals surface area (Å²) < 4.78 is 7.92. The highest BCUT2D eigenvalue weighted by molar-refractivity contribution is 14.1. The molecule has 2 aliphatic heterocycles. The first-order valence-electron chi connectivity index (χ1n) is 10.1. The third-order valence-electron chi connectivity index (χ3n) is 5.28. The number of halogens is 2. The molecule has 4 rings (SSSR count). The van der Waals surface area contributed by atoms with Crippen LogP contribution >= 0.6 is 34.2 Å². The number of carbonyl (C=O) groups excluding carboxylic acids is 3. The van der Waals surface area contributed by atoms with Crippen LogP contribution in [0.4, 0.5) is 10.6 Å². The SMILES string of the molecule is CC(C)(C)OC(=O)N1CCC[C@@H](n2nc(I)c3c(N4C(=O)CCC4=O)ncc(Cl)c32)C1. The standard InChI is InChI=1S/C20H23ClIN5O4/c1-20(2,3)31-19(30)25-8-4-5-11(10-25)27-16-12(21)9-23-18(15(16)17(22)24-27)26-13(28)6-7-14(26)29/h9,11H,4-8,10H2,1-3H3/t11-/m1/s1. The summed E-state index contributed by atoms with van der Waals surface area (Å²) in [5.41, 5.74) is 0.0378. The first kappa shape index (κ1) is 22.3. The molecule has 2 aromatic heterocycles. The van der Waals surface area contributed by atoms with Crippen molar-refractivity contribution >= 4 is 68.8 Å². The summed E-state index contributed by atoms with van der Waals surface area (Å²) in [5.74, 6) is -0.292. The van der Waals surface area contributed by atoms with Crippen LogP contribution in [-0.2, 0) is 14.3 Å². The molecule has 2 aliphatic rings. The lowest BCUT2D eigenvalue weighted by Crippen LogP contribution is -2.43. The number of piperidine rings is 1. The Hall–Kier alpha value is -1.95. The summed E-state index contributed by atoms with van der Waals surface area (Å²) in [6, 6.07) is -0.120. The highest BCUT2D eigenvalue weighted by Crippen LogP contribution is 2.38. The molecule has 3 amide bonds. The van der Waals surface area contributed by atoms with Gasteiger partial charge in [-0.05, 0) is 56.2 Å². The number of ether oxygens (including phenoxy) is 1.